The highest BCUT2D eigenvalue weighted by Gasteiger charge is 2.43. The quantitative estimate of drug-likeness (QED) is 0.902. The smallest absolute Gasteiger partial charge is 0.322 e. The number of carboxylic acid groups (broad SMARTS) is 1. The van der Waals surface area contributed by atoms with Crippen molar-refractivity contribution in [3.8, 4) is 6.07 Å². The third-order valence-corrected chi connectivity index (χ3v) is 5.62. The van der Waals surface area contributed by atoms with Crippen LogP contribution in [-0.2, 0) is 21.2 Å². The molecule has 1 aromatic rings. The molecular weight excluding hydrogens is 292 g/mol. The van der Waals surface area contributed by atoms with Crippen molar-refractivity contribution in [1.82, 2.24) is 4.31 Å². The zero-order chi connectivity index (χ0) is 15.6. The lowest BCUT2D eigenvalue weighted by Crippen LogP contribution is -2.42. The summed E-state index contributed by atoms with van der Waals surface area (Å²) in [4.78, 5) is 11.4. The molecule has 1 fully saturated rings. The van der Waals surface area contributed by atoms with E-state index >= 15 is 0 Å². The summed E-state index contributed by atoms with van der Waals surface area (Å²) in [5.41, 5.74) is 0.723. The van der Waals surface area contributed by atoms with E-state index in [0.717, 1.165) is 9.87 Å². The van der Waals surface area contributed by atoms with Crippen LogP contribution in [0, 0.1) is 17.2 Å². The van der Waals surface area contributed by atoms with E-state index in [4.69, 9.17) is 5.26 Å². The van der Waals surface area contributed by atoms with Crippen molar-refractivity contribution in [3.05, 3.63) is 29.8 Å². The SMILES string of the molecule is CC1CCN(S(=O)(=O)c2ccc(CC#N)cc2)C1C(=O)O. The van der Waals surface area contributed by atoms with Gasteiger partial charge in [-0.1, -0.05) is 19.1 Å². The van der Waals surface area contributed by atoms with Crippen molar-refractivity contribution in [1.29, 1.82) is 5.26 Å². The highest BCUT2D eigenvalue weighted by atomic mass is 32.2. The van der Waals surface area contributed by atoms with E-state index in [0.29, 0.717) is 6.42 Å². The summed E-state index contributed by atoms with van der Waals surface area (Å²) in [6, 6.07) is 6.96. The number of hydrogen-bond acceptors (Lipinski definition) is 4. The molecule has 0 aromatic heterocycles. The third-order valence-electron chi connectivity index (χ3n) is 3.72. The van der Waals surface area contributed by atoms with Crippen LogP contribution in [0.25, 0.3) is 0 Å². The molecule has 1 N–H and O–H groups in total. The highest BCUT2D eigenvalue weighted by Crippen LogP contribution is 2.30. The predicted molar refractivity (Wildman–Crippen MR) is 74.9 cm³/mol. The lowest BCUT2D eigenvalue weighted by molar-refractivity contribution is -0.141. The monoisotopic (exact) mass is 308 g/mol. The first-order valence-electron chi connectivity index (χ1n) is 6.58. The van der Waals surface area contributed by atoms with E-state index in [-0.39, 0.29) is 23.8 Å². The van der Waals surface area contributed by atoms with Crippen LogP contribution in [0.15, 0.2) is 29.2 Å². The molecule has 0 spiro atoms. The molecule has 1 aliphatic heterocycles. The van der Waals surface area contributed by atoms with Crippen molar-refractivity contribution in [2.75, 3.05) is 6.54 Å². The zero-order valence-electron chi connectivity index (χ0n) is 11.6. The summed E-state index contributed by atoms with van der Waals surface area (Å²) < 4.78 is 26.2. The molecule has 2 atom stereocenters. The molecule has 0 saturated carbocycles. The summed E-state index contributed by atoms with van der Waals surface area (Å²) in [5.74, 6) is -1.33. The van der Waals surface area contributed by atoms with Gasteiger partial charge in [0.05, 0.1) is 17.4 Å². The van der Waals surface area contributed by atoms with E-state index in [1.54, 1.807) is 19.1 Å². The maximum Gasteiger partial charge on any atom is 0.322 e. The Morgan fingerprint density at radius 3 is 2.57 bits per heavy atom. The largest absolute Gasteiger partial charge is 0.480 e. The lowest BCUT2D eigenvalue weighted by Gasteiger charge is -2.22. The van der Waals surface area contributed by atoms with Crippen molar-refractivity contribution in [2.45, 2.75) is 30.7 Å². The number of carbonyl (C=O) groups is 1. The summed E-state index contributed by atoms with van der Waals surface area (Å²) in [7, 11) is -3.83. The van der Waals surface area contributed by atoms with Crippen molar-refractivity contribution < 1.29 is 18.3 Å². The number of hydrogen-bond donors (Lipinski definition) is 1. The topological polar surface area (TPSA) is 98.5 Å². The Balaban J connectivity index is 2.33. The van der Waals surface area contributed by atoms with Gasteiger partial charge in [-0.15, -0.1) is 0 Å². The minimum absolute atomic E-state index is 0.0598. The number of rotatable bonds is 4. The van der Waals surface area contributed by atoms with E-state index in [1.807, 2.05) is 6.07 Å². The second kappa shape index (κ2) is 5.84. The Hall–Kier alpha value is -1.91. The summed E-state index contributed by atoms with van der Waals surface area (Å²) in [5, 5.41) is 17.8. The molecule has 2 rings (SSSR count). The fourth-order valence-corrected chi connectivity index (χ4v) is 4.25. The standard InChI is InChI=1S/C14H16N2O4S/c1-10-7-9-16(13(10)14(17)18)21(19,20)12-4-2-11(3-5-12)6-8-15/h2-5,10,13H,6-7,9H2,1H3,(H,17,18). The molecule has 1 heterocycles. The average molecular weight is 308 g/mol. The highest BCUT2D eigenvalue weighted by molar-refractivity contribution is 7.89. The molecule has 112 valence electrons. The molecule has 7 heteroatoms. The van der Waals surface area contributed by atoms with Gasteiger partial charge in [0.15, 0.2) is 0 Å². The molecule has 1 saturated heterocycles. The lowest BCUT2D eigenvalue weighted by atomic mass is 10.0. The molecule has 0 bridgehead atoms. The minimum atomic E-state index is -3.83. The van der Waals surface area contributed by atoms with Crippen LogP contribution in [0.4, 0.5) is 0 Å². The summed E-state index contributed by atoms with van der Waals surface area (Å²) >= 11 is 0. The number of nitrogens with zero attached hydrogens (tertiary/aromatic N) is 2. The Labute approximate surface area is 123 Å². The first-order valence-corrected chi connectivity index (χ1v) is 8.02. The van der Waals surface area contributed by atoms with Crippen molar-refractivity contribution in [3.63, 3.8) is 0 Å². The van der Waals surface area contributed by atoms with Crippen molar-refractivity contribution >= 4 is 16.0 Å². The van der Waals surface area contributed by atoms with Gasteiger partial charge < -0.3 is 5.11 Å². The van der Waals surface area contributed by atoms with Gasteiger partial charge >= 0.3 is 5.97 Å². The Morgan fingerprint density at radius 1 is 1.43 bits per heavy atom. The average Bonchev–Trinajstić information content (AvgIpc) is 2.82. The van der Waals surface area contributed by atoms with E-state index in [9.17, 15) is 18.3 Å². The summed E-state index contributed by atoms with van der Waals surface area (Å²) in [6.07, 6.45) is 0.738. The molecule has 1 aromatic carbocycles. The van der Waals surface area contributed by atoms with Crippen LogP contribution in [-0.4, -0.2) is 36.4 Å². The molecule has 6 nitrogen and oxygen atoms in total. The van der Waals surface area contributed by atoms with Crippen LogP contribution >= 0.6 is 0 Å². The van der Waals surface area contributed by atoms with Crippen LogP contribution in [0.2, 0.25) is 0 Å². The number of nitriles is 1. The van der Waals surface area contributed by atoms with Gasteiger partial charge in [0.2, 0.25) is 10.0 Å². The van der Waals surface area contributed by atoms with Crippen LogP contribution in [0.5, 0.6) is 0 Å². The Morgan fingerprint density at radius 2 is 2.05 bits per heavy atom. The van der Waals surface area contributed by atoms with Gasteiger partial charge in [-0.2, -0.15) is 9.57 Å². The van der Waals surface area contributed by atoms with Gasteiger partial charge in [0, 0.05) is 6.54 Å². The van der Waals surface area contributed by atoms with Crippen LogP contribution in [0.1, 0.15) is 18.9 Å². The molecule has 0 radical (unpaired) electrons. The van der Waals surface area contributed by atoms with E-state index in [2.05, 4.69) is 0 Å². The van der Waals surface area contributed by atoms with E-state index in [1.165, 1.54) is 12.1 Å². The third kappa shape index (κ3) is 2.91. The molecule has 1 aliphatic rings. The van der Waals surface area contributed by atoms with E-state index < -0.39 is 22.0 Å². The van der Waals surface area contributed by atoms with Gasteiger partial charge in [0.1, 0.15) is 6.04 Å². The molecule has 21 heavy (non-hydrogen) atoms. The first-order chi connectivity index (χ1) is 9.87. The number of carboxylic acids is 1. The molecular formula is C14H16N2O4S. The fourth-order valence-electron chi connectivity index (χ4n) is 2.55. The number of aliphatic carboxylic acids is 1. The zero-order valence-corrected chi connectivity index (χ0v) is 12.4. The second-order valence-electron chi connectivity index (χ2n) is 5.14. The molecule has 0 amide bonds. The van der Waals surface area contributed by atoms with Gasteiger partial charge in [-0.3, -0.25) is 4.79 Å². The second-order valence-corrected chi connectivity index (χ2v) is 7.03. The predicted octanol–water partition coefficient (Wildman–Crippen LogP) is 1.24. The van der Waals surface area contributed by atoms with Gasteiger partial charge in [-0.25, -0.2) is 8.42 Å². The molecule has 2 unspecified atom stereocenters. The maximum atomic E-state index is 12.6. The fraction of sp³-hybridized carbons (Fsp3) is 0.429. The normalized spacial score (nSPS) is 22.9. The van der Waals surface area contributed by atoms with Crippen LogP contribution in [0.3, 0.4) is 0 Å². The Kier molecular flexibility index (Phi) is 4.30. The van der Waals surface area contributed by atoms with Crippen LogP contribution < -0.4 is 0 Å². The molecule has 0 aliphatic carbocycles. The maximum absolute atomic E-state index is 12.6. The summed E-state index contributed by atoms with van der Waals surface area (Å²) in [6.45, 7) is 1.95. The van der Waals surface area contributed by atoms with Gasteiger partial charge in [0.25, 0.3) is 0 Å². The van der Waals surface area contributed by atoms with Gasteiger partial charge in [-0.05, 0) is 30.0 Å². The number of benzene rings is 1. The minimum Gasteiger partial charge on any atom is -0.480 e. The first kappa shape index (κ1) is 15.5. The van der Waals surface area contributed by atoms with Crippen molar-refractivity contribution in [2.24, 2.45) is 5.92 Å². The Bertz CT molecular complexity index is 676. The number of sulfonamides is 1.